The fourth-order valence-electron chi connectivity index (χ4n) is 0.816. The number of aromatic nitrogens is 2. The topological polar surface area (TPSA) is 75.1 Å². The van der Waals surface area contributed by atoms with Gasteiger partial charge in [-0.1, -0.05) is 6.92 Å². The molecule has 0 aliphatic rings. The van der Waals surface area contributed by atoms with Crippen LogP contribution in [0.25, 0.3) is 0 Å². The van der Waals surface area contributed by atoms with E-state index in [9.17, 15) is 4.79 Å². The molecule has 1 unspecified atom stereocenters. The minimum Gasteiger partial charge on any atom is -0.481 e. The Morgan fingerprint density at radius 3 is 2.64 bits per heavy atom. The maximum Gasteiger partial charge on any atom is 0.308 e. The molecule has 5 nitrogen and oxygen atoms in total. The second-order valence-corrected chi connectivity index (χ2v) is 3.20. The molecule has 0 spiro atoms. The van der Waals surface area contributed by atoms with Gasteiger partial charge in [-0.2, -0.15) is 0 Å². The van der Waals surface area contributed by atoms with Crippen molar-refractivity contribution in [3.05, 3.63) is 18.0 Å². The number of nitrogens with one attached hydrogen (secondary N) is 1. The Hall–Kier alpha value is -1.65. The quantitative estimate of drug-likeness (QED) is 0.747. The molecule has 1 heterocycles. The monoisotopic (exact) mass is 195 g/mol. The van der Waals surface area contributed by atoms with Gasteiger partial charge in [0.15, 0.2) is 0 Å². The van der Waals surface area contributed by atoms with Crippen LogP contribution in [0.4, 0.5) is 5.95 Å². The van der Waals surface area contributed by atoms with E-state index >= 15 is 0 Å². The maximum absolute atomic E-state index is 10.5. The van der Waals surface area contributed by atoms with Crippen molar-refractivity contribution in [3.8, 4) is 0 Å². The molecule has 14 heavy (non-hydrogen) atoms. The molecule has 76 valence electrons. The highest BCUT2D eigenvalue weighted by atomic mass is 16.4. The van der Waals surface area contributed by atoms with Crippen molar-refractivity contribution < 1.29 is 9.90 Å². The first-order chi connectivity index (χ1) is 6.59. The van der Waals surface area contributed by atoms with Crippen molar-refractivity contribution in [1.82, 2.24) is 9.97 Å². The van der Waals surface area contributed by atoms with Gasteiger partial charge in [-0.05, 0) is 12.5 Å². The Morgan fingerprint density at radius 2 is 2.14 bits per heavy atom. The van der Waals surface area contributed by atoms with Crippen LogP contribution in [0.15, 0.2) is 12.4 Å². The molecule has 0 aliphatic carbocycles. The molecule has 0 amide bonds. The van der Waals surface area contributed by atoms with Crippen molar-refractivity contribution in [2.24, 2.45) is 5.92 Å². The summed E-state index contributed by atoms with van der Waals surface area (Å²) < 4.78 is 0. The second-order valence-electron chi connectivity index (χ2n) is 3.20. The summed E-state index contributed by atoms with van der Waals surface area (Å²) in [5.74, 6) is -0.812. The zero-order valence-corrected chi connectivity index (χ0v) is 8.19. The number of anilines is 1. The number of carboxylic acids is 1. The van der Waals surface area contributed by atoms with E-state index < -0.39 is 11.9 Å². The van der Waals surface area contributed by atoms with Crippen LogP contribution in [-0.2, 0) is 4.79 Å². The van der Waals surface area contributed by atoms with Crippen LogP contribution < -0.4 is 5.32 Å². The maximum atomic E-state index is 10.5. The van der Waals surface area contributed by atoms with Gasteiger partial charge in [-0.3, -0.25) is 4.79 Å². The average molecular weight is 195 g/mol. The van der Waals surface area contributed by atoms with E-state index in [0.717, 1.165) is 5.56 Å². The number of hydrogen-bond donors (Lipinski definition) is 2. The number of carbonyl (C=O) groups is 1. The molecule has 0 aromatic carbocycles. The summed E-state index contributed by atoms with van der Waals surface area (Å²) in [6.07, 6.45) is 3.36. The van der Waals surface area contributed by atoms with E-state index in [1.165, 1.54) is 0 Å². The largest absolute Gasteiger partial charge is 0.481 e. The SMILES string of the molecule is Cc1cnc(NCC(C)C(=O)O)nc1. The Kier molecular flexibility index (Phi) is 3.39. The molecular weight excluding hydrogens is 182 g/mol. The number of nitrogens with zero attached hydrogens (tertiary/aromatic N) is 2. The highest BCUT2D eigenvalue weighted by molar-refractivity contribution is 5.70. The predicted molar refractivity (Wildman–Crippen MR) is 52.1 cm³/mol. The number of carboxylic acid groups (broad SMARTS) is 1. The third-order valence-electron chi connectivity index (χ3n) is 1.77. The van der Waals surface area contributed by atoms with Crippen LogP contribution in [0.3, 0.4) is 0 Å². The summed E-state index contributed by atoms with van der Waals surface area (Å²) >= 11 is 0. The van der Waals surface area contributed by atoms with Gasteiger partial charge in [0.2, 0.25) is 5.95 Å². The van der Waals surface area contributed by atoms with Crippen LogP contribution in [0.5, 0.6) is 0 Å². The van der Waals surface area contributed by atoms with Crippen molar-refractivity contribution >= 4 is 11.9 Å². The predicted octanol–water partition coefficient (Wildman–Crippen LogP) is 0.918. The number of hydrogen-bond acceptors (Lipinski definition) is 4. The molecule has 1 aromatic heterocycles. The van der Waals surface area contributed by atoms with E-state index in [4.69, 9.17) is 5.11 Å². The summed E-state index contributed by atoms with van der Waals surface area (Å²) in [6.45, 7) is 3.85. The zero-order chi connectivity index (χ0) is 10.6. The lowest BCUT2D eigenvalue weighted by molar-refractivity contribution is -0.140. The van der Waals surface area contributed by atoms with E-state index in [1.54, 1.807) is 19.3 Å². The van der Waals surface area contributed by atoms with Crippen molar-refractivity contribution in [1.29, 1.82) is 0 Å². The Morgan fingerprint density at radius 1 is 1.57 bits per heavy atom. The second kappa shape index (κ2) is 4.55. The van der Waals surface area contributed by atoms with Gasteiger partial charge < -0.3 is 10.4 Å². The van der Waals surface area contributed by atoms with Crippen LogP contribution in [-0.4, -0.2) is 27.6 Å². The number of rotatable bonds is 4. The van der Waals surface area contributed by atoms with E-state index in [-0.39, 0.29) is 0 Å². The zero-order valence-electron chi connectivity index (χ0n) is 8.19. The van der Waals surface area contributed by atoms with Gasteiger partial charge in [-0.25, -0.2) is 9.97 Å². The number of aryl methyl sites for hydroxylation is 1. The molecule has 0 aliphatic heterocycles. The summed E-state index contributed by atoms with van der Waals surface area (Å²) in [6, 6.07) is 0. The van der Waals surface area contributed by atoms with Crippen molar-refractivity contribution in [2.75, 3.05) is 11.9 Å². The van der Waals surface area contributed by atoms with E-state index in [0.29, 0.717) is 12.5 Å². The Balaban J connectivity index is 2.46. The molecule has 0 saturated carbocycles. The molecule has 2 N–H and O–H groups in total. The van der Waals surface area contributed by atoms with Crippen LogP contribution in [0.1, 0.15) is 12.5 Å². The van der Waals surface area contributed by atoms with Gasteiger partial charge >= 0.3 is 5.97 Å². The highest BCUT2D eigenvalue weighted by Gasteiger charge is 2.10. The lowest BCUT2D eigenvalue weighted by Crippen LogP contribution is -2.20. The molecule has 1 rings (SSSR count). The van der Waals surface area contributed by atoms with E-state index in [2.05, 4.69) is 15.3 Å². The van der Waals surface area contributed by atoms with E-state index in [1.807, 2.05) is 6.92 Å². The van der Waals surface area contributed by atoms with Gasteiger partial charge in [0.05, 0.1) is 5.92 Å². The number of aliphatic carboxylic acids is 1. The van der Waals surface area contributed by atoms with Crippen LogP contribution in [0.2, 0.25) is 0 Å². The van der Waals surface area contributed by atoms with Gasteiger partial charge in [0.1, 0.15) is 0 Å². The average Bonchev–Trinajstić information content (AvgIpc) is 2.16. The molecule has 0 fully saturated rings. The molecule has 0 saturated heterocycles. The summed E-state index contributed by atoms with van der Waals surface area (Å²) in [4.78, 5) is 18.5. The first-order valence-electron chi connectivity index (χ1n) is 4.35. The minimum atomic E-state index is -0.829. The molecule has 0 bridgehead atoms. The first-order valence-corrected chi connectivity index (χ1v) is 4.35. The smallest absolute Gasteiger partial charge is 0.308 e. The van der Waals surface area contributed by atoms with Gasteiger partial charge in [0.25, 0.3) is 0 Å². The van der Waals surface area contributed by atoms with Crippen molar-refractivity contribution in [2.45, 2.75) is 13.8 Å². The standard InChI is InChI=1S/C9H13N3O2/c1-6-3-10-9(11-4-6)12-5-7(2)8(13)14/h3-4,7H,5H2,1-2H3,(H,13,14)(H,10,11,12). The molecule has 1 atom stereocenters. The lowest BCUT2D eigenvalue weighted by Gasteiger charge is -2.07. The lowest BCUT2D eigenvalue weighted by atomic mass is 10.2. The van der Waals surface area contributed by atoms with Crippen LogP contribution in [0, 0.1) is 12.8 Å². The Labute approximate surface area is 82.2 Å². The summed E-state index contributed by atoms with van der Waals surface area (Å²) in [5, 5.41) is 11.5. The van der Waals surface area contributed by atoms with Gasteiger partial charge in [-0.15, -0.1) is 0 Å². The molecule has 1 aromatic rings. The molecule has 0 radical (unpaired) electrons. The molecular formula is C9H13N3O2. The highest BCUT2D eigenvalue weighted by Crippen LogP contribution is 2.00. The summed E-state index contributed by atoms with van der Waals surface area (Å²) in [5.41, 5.74) is 0.974. The molecule has 5 heteroatoms. The third kappa shape index (κ3) is 3.01. The van der Waals surface area contributed by atoms with Crippen LogP contribution >= 0.6 is 0 Å². The third-order valence-corrected chi connectivity index (χ3v) is 1.77. The minimum absolute atomic E-state index is 0.332. The Bertz CT molecular complexity index is 310. The normalized spacial score (nSPS) is 12.1. The first kappa shape index (κ1) is 10.4. The van der Waals surface area contributed by atoms with Gasteiger partial charge in [0, 0.05) is 18.9 Å². The summed E-state index contributed by atoms with van der Waals surface area (Å²) in [7, 11) is 0. The fraction of sp³-hybridized carbons (Fsp3) is 0.444. The fourth-order valence-corrected chi connectivity index (χ4v) is 0.816. The van der Waals surface area contributed by atoms with Crippen molar-refractivity contribution in [3.63, 3.8) is 0 Å².